The standard InChI is InChI=1S/C24H21N3O3S/c1-30-19-12-10-18(11-13-19)21(22-15-31-24(25)26-22)14-16-6-8-17(9-7-16)20-4-2-3-5-23(20)27(28)29/h2-13,15,21H,14H2,1H3,(H2,25,26)/p+1. The Balaban J connectivity index is 1.64. The van der Waals surface area contributed by atoms with Crippen LogP contribution in [0.2, 0.25) is 0 Å². The van der Waals surface area contributed by atoms with E-state index in [0.717, 1.165) is 34.6 Å². The minimum atomic E-state index is -0.347. The fourth-order valence-electron chi connectivity index (χ4n) is 3.67. The van der Waals surface area contributed by atoms with Gasteiger partial charge in [-0.2, -0.15) is 0 Å². The Labute approximate surface area is 184 Å². The number of benzene rings is 3. The summed E-state index contributed by atoms with van der Waals surface area (Å²) in [7, 11) is 1.65. The molecule has 4 rings (SSSR count). The molecule has 31 heavy (non-hydrogen) atoms. The number of anilines is 1. The van der Waals surface area contributed by atoms with E-state index in [9.17, 15) is 10.1 Å². The summed E-state index contributed by atoms with van der Waals surface area (Å²) < 4.78 is 5.28. The van der Waals surface area contributed by atoms with Gasteiger partial charge in [-0.25, -0.2) is 4.98 Å². The number of hydrogen-bond donors (Lipinski definition) is 1. The Bertz CT molecular complexity index is 1190. The molecular formula is C24H22N3O3S+. The number of nitro groups is 1. The fourth-order valence-corrected chi connectivity index (χ4v) is 4.33. The number of aromatic nitrogens is 1. The van der Waals surface area contributed by atoms with Gasteiger partial charge in [0.2, 0.25) is 0 Å². The topological polar surface area (TPSA) is 92.5 Å². The van der Waals surface area contributed by atoms with Crippen molar-refractivity contribution in [3.05, 3.63) is 105 Å². The number of nitrogen functional groups attached to an aromatic ring is 1. The van der Waals surface area contributed by atoms with E-state index in [1.165, 1.54) is 17.4 Å². The number of hydrogen-bond acceptors (Lipinski definition) is 5. The maximum atomic E-state index is 11.4. The molecule has 0 saturated carbocycles. The Kier molecular flexibility index (Phi) is 5.95. The number of H-pyrrole nitrogens is 1. The molecule has 0 amide bonds. The zero-order valence-corrected chi connectivity index (χ0v) is 17.8. The number of nitrogens with two attached hydrogens (primary N) is 1. The van der Waals surface area contributed by atoms with Gasteiger partial charge in [0.1, 0.15) is 11.4 Å². The molecule has 0 aliphatic carbocycles. The molecule has 1 aromatic heterocycles. The van der Waals surface area contributed by atoms with Crippen LogP contribution in [0, 0.1) is 10.1 Å². The zero-order valence-electron chi connectivity index (χ0n) is 16.9. The van der Waals surface area contributed by atoms with Crippen molar-refractivity contribution in [2.45, 2.75) is 12.3 Å². The predicted octanol–water partition coefficient (Wildman–Crippen LogP) is 5.10. The Morgan fingerprint density at radius 2 is 1.77 bits per heavy atom. The zero-order chi connectivity index (χ0) is 21.8. The van der Waals surface area contributed by atoms with Crippen molar-refractivity contribution in [2.24, 2.45) is 0 Å². The summed E-state index contributed by atoms with van der Waals surface area (Å²) in [4.78, 5) is 14.3. The van der Waals surface area contributed by atoms with Gasteiger partial charge in [0, 0.05) is 11.4 Å². The third kappa shape index (κ3) is 4.57. The third-order valence-corrected chi connectivity index (χ3v) is 6.01. The number of thiazole rings is 1. The molecule has 6 nitrogen and oxygen atoms in total. The number of methoxy groups -OCH3 is 1. The molecule has 0 aliphatic rings. The van der Waals surface area contributed by atoms with Crippen molar-refractivity contribution in [1.82, 2.24) is 0 Å². The van der Waals surface area contributed by atoms with Crippen LogP contribution in [0.1, 0.15) is 22.7 Å². The maximum absolute atomic E-state index is 11.4. The first-order valence-corrected chi connectivity index (χ1v) is 10.7. The lowest BCUT2D eigenvalue weighted by atomic mass is 9.89. The van der Waals surface area contributed by atoms with E-state index in [-0.39, 0.29) is 16.5 Å². The summed E-state index contributed by atoms with van der Waals surface area (Å²) in [6, 6.07) is 22.8. The highest BCUT2D eigenvalue weighted by atomic mass is 32.1. The van der Waals surface area contributed by atoms with Crippen LogP contribution in [-0.2, 0) is 6.42 Å². The number of rotatable bonds is 7. The average molecular weight is 433 g/mol. The van der Waals surface area contributed by atoms with Gasteiger partial charge in [-0.1, -0.05) is 59.9 Å². The highest BCUT2D eigenvalue weighted by molar-refractivity contribution is 7.13. The average Bonchev–Trinajstić information content (AvgIpc) is 3.24. The van der Waals surface area contributed by atoms with Gasteiger partial charge in [-0.05, 0) is 41.3 Å². The van der Waals surface area contributed by atoms with Gasteiger partial charge in [0.05, 0.1) is 23.5 Å². The van der Waals surface area contributed by atoms with E-state index >= 15 is 0 Å². The van der Waals surface area contributed by atoms with E-state index in [1.807, 2.05) is 47.8 Å². The van der Waals surface area contributed by atoms with Crippen molar-refractivity contribution >= 4 is 22.2 Å². The highest BCUT2D eigenvalue weighted by Gasteiger charge is 2.21. The summed E-state index contributed by atoms with van der Waals surface area (Å²) >= 11 is 1.48. The second kappa shape index (κ2) is 8.97. The molecule has 0 bridgehead atoms. The smallest absolute Gasteiger partial charge is 0.329 e. The van der Waals surface area contributed by atoms with Crippen molar-refractivity contribution in [3.8, 4) is 16.9 Å². The monoisotopic (exact) mass is 432 g/mol. The van der Waals surface area contributed by atoms with E-state index in [0.29, 0.717) is 10.7 Å². The Hall–Kier alpha value is -3.71. The summed E-state index contributed by atoms with van der Waals surface area (Å²) in [6.07, 6.45) is 0.760. The summed E-state index contributed by atoms with van der Waals surface area (Å²) in [5, 5.41) is 14.1. The van der Waals surface area contributed by atoms with Crippen molar-refractivity contribution in [3.63, 3.8) is 0 Å². The summed E-state index contributed by atoms with van der Waals surface area (Å²) in [5.41, 5.74) is 10.8. The lowest BCUT2D eigenvalue weighted by Crippen LogP contribution is -2.17. The van der Waals surface area contributed by atoms with E-state index in [4.69, 9.17) is 10.5 Å². The molecule has 0 saturated heterocycles. The van der Waals surface area contributed by atoms with Crippen LogP contribution >= 0.6 is 11.3 Å². The van der Waals surface area contributed by atoms with Crippen LogP contribution in [0.4, 0.5) is 10.8 Å². The number of nitro benzene ring substituents is 1. The molecule has 0 spiro atoms. The number of aromatic amines is 1. The van der Waals surface area contributed by atoms with Gasteiger partial charge < -0.3 is 4.74 Å². The largest absolute Gasteiger partial charge is 0.497 e. The van der Waals surface area contributed by atoms with Crippen LogP contribution in [-0.4, -0.2) is 12.0 Å². The van der Waals surface area contributed by atoms with Gasteiger partial charge in [-0.15, -0.1) is 0 Å². The molecule has 7 heteroatoms. The number of nitrogens with one attached hydrogen (secondary N) is 1. The van der Waals surface area contributed by atoms with Crippen molar-refractivity contribution in [2.75, 3.05) is 12.8 Å². The third-order valence-electron chi connectivity index (χ3n) is 5.28. The second-order valence-electron chi connectivity index (χ2n) is 7.18. The minimum Gasteiger partial charge on any atom is -0.497 e. The molecule has 4 aromatic rings. The number of nitrogens with zero attached hydrogens (tertiary/aromatic N) is 1. The molecular weight excluding hydrogens is 410 g/mol. The second-order valence-corrected chi connectivity index (χ2v) is 8.09. The maximum Gasteiger partial charge on any atom is 0.329 e. The molecule has 3 N–H and O–H groups in total. The van der Waals surface area contributed by atoms with Gasteiger partial charge in [-0.3, -0.25) is 15.8 Å². The van der Waals surface area contributed by atoms with E-state index in [2.05, 4.69) is 17.1 Å². The fraction of sp³-hybridized carbons (Fsp3) is 0.125. The van der Waals surface area contributed by atoms with Crippen molar-refractivity contribution < 1.29 is 14.6 Å². The van der Waals surface area contributed by atoms with Crippen LogP contribution < -0.4 is 15.5 Å². The highest BCUT2D eigenvalue weighted by Crippen LogP contribution is 2.32. The number of para-hydroxylation sites is 1. The first kappa shape index (κ1) is 20.6. The normalized spacial score (nSPS) is 11.8. The minimum absolute atomic E-state index is 0.0939. The molecule has 3 aromatic carbocycles. The van der Waals surface area contributed by atoms with Crippen LogP contribution in [0.15, 0.2) is 78.2 Å². The van der Waals surface area contributed by atoms with Crippen LogP contribution in [0.5, 0.6) is 5.75 Å². The van der Waals surface area contributed by atoms with Gasteiger partial charge >= 0.3 is 5.13 Å². The lowest BCUT2D eigenvalue weighted by Gasteiger charge is -2.15. The molecule has 0 radical (unpaired) electrons. The SMILES string of the molecule is COc1ccc(C(Cc2ccc(-c3ccccc3[N+](=O)[O-])cc2)c2csc(N)[nH+]2)cc1. The van der Waals surface area contributed by atoms with Gasteiger partial charge in [0.25, 0.3) is 5.69 Å². The Morgan fingerprint density at radius 1 is 1.06 bits per heavy atom. The van der Waals surface area contributed by atoms with E-state index < -0.39 is 0 Å². The quantitative estimate of drug-likeness (QED) is 0.325. The van der Waals surface area contributed by atoms with Crippen LogP contribution in [0.3, 0.4) is 0 Å². The molecule has 1 atom stereocenters. The van der Waals surface area contributed by atoms with Crippen LogP contribution in [0.25, 0.3) is 11.1 Å². The first-order chi connectivity index (χ1) is 15.0. The molecule has 0 aliphatic heterocycles. The Morgan fingerprint density at radius 3 is 2.39 bits per heavy atom. The molecule has 1 unspecified atom stereocenters. The van der Waals surface area contributed by atoms with E-state index in [1.54, 1.807) is 19.2 Å². The summed E-state index contributed by atoms with van der Waals surface area (Å²) in [6.45, 7) is 0. The predicted molar refractivity (Wildman–Crippen MR) is 122 cm³/mol. The molecule has 1 heterocycles. The first-order valence-electron chi connectivity index (χ1n) is 9.78. The van der Waals surface area contributed by atoms with Crippen molar-refractivity contribution in [1.29, 1.82) is 0 Å². The summed E-state index contributed by atoms with van der Waals surface area (Å²) in [5.74, 6) is 0.904. The van der Waals surface area contributed by atoms with Gasteiger partial charge in [0.15, 0.2) is 0 Å². The lowest BCUT2D eigenvalue weighted by molar-refractivity contribution is -0.384. The molecule has 0 fully saturated rings. The molecule has 156 valence electrons. The number of ether oxygens (including phenoxy) is 1.